The summed E-state index contributed by atoms with van der Waals surface area (Å²) in [5.41, 5.74) is 5.61. The molecule has 0 aliphatic carbocycles. The Morgan fingerprint density at radius 2 is 1.86 bits per heavy atom. The first-order chi connectivity index (χ1) is 13.0. The van der Waals surface area contributed by atoms with Crippen molar-refractivity contribution in [1.29, 1.82) is 0 Å². The van der Waals surface area contributed by atoms with Gasteiger partial charge in [-0.1, -0.05) is 12.1 Å². The fourth-order valence-electron chi connectivity index (χ4n) is 2.92. The molecular weight excluding hydrogens is 406 g/mol. The summed E-state index contributed by atoms with van der Waals surface area (Å²) in [6.45, 7) is 1.48. The number of nitrogens with one attached hydrogen (secondary N) is 1. The van der Waals surface area contributed by atoms with Gasteiger partial charge in [-0.15, -0.1) is 0 Å². The van der Waals surface area contributed by atoms with Crippen LogP contribution in [0.3, 0.4) is 0 Å². The van der Waals surface area contributed by atoms with Crippen LogP contribution in [0.2, 0.25) is 0 Å². The SMILES string of the molecule is Cc1cc(N2C(=O)CCS2(=O)=O)ccc1S(=O)(=O)Nc1ccccc1C(N)=O. The van der Waals surface area contributed by atoms with Crippen LogP contribution in [0, 0.1) is 6.92 Å². The smallest absolute Gasteiger partial charge is 0.262 e. The van der Waals surface area contributed by atoms with Gasteiger partial charge in [-0.3, -0.25) is 14.3 Å². The van der Waals surface area contributed by atoms with Crippen molar-refractivity contribution in [2.45, 2.75) is 18.2 Å². The zero-order valence-corrected chi connectivity index (χ0v) is 16.4. The van der Waals surface area contributed by atoms with E-state index in [4.69, 9.17) is 5.73 Å². The number of nitrogens with zero attached hydrogens (tertiary/aromatic N) is 1. The molecule has 0 aromatic heterocycles. The maximum atomic E-state index is 12.8. The van der Waals surface area contributed by atoms with Crippen molar-refractivity contribution in [2.75, 3.05) is 14.8 Å². The molecule has 1 saturated heterocycles. The monoisotopic (exact) mass is 423 g/mol. The molecule has 0 spiro atoms. The normalized spacial score (nSPS) is 16.2. The molecule has 1 aliphatic rings. The summed E-state index contributed by atoms with van der Waals surface area (Å²) in [5.74, 6) is -1.64. The third-order valence-electron chi connectivity index (χ3n) is 4.20. The number of nitrogens with two attached hydrogens (primary N) is 1. The van der Waals surface area contributed by atoms with Gasteiger partial charge in [0.1, 0.15) is 0 Å². The zero-order valence-electron chi connectivity index (χ0n) is 14.7. The second kappa shape index (κ2) is 6.91. The fourth-order valence-corrected chi connectivity index (χ4v) is 5.68. The van der Waals surface area contributed by atoms with E-state index in [-0.39, 0.29) is 39.6 Å². The Kier molecular flexibility index (Phi) is 4.90. The van der Waals surface area contributed by atoms with Crippen LogP contribution in [0.25, 0.3) is 0 Å². The van der Waals surface area contributed by atoms with Crippen molar-refractivity contribution in [1.82, 2.24) is 0 Å². The van der Waals surface area contributed by atoms with E-state index in [0.717, 1.165) is 0 Å². The average Bonchev–Trinajstić information content (AvgIpc) is 2.87. The molecule has 3 rings (SSSR count). The van der Waals surface area contributed by atoms with Gasteiger partial charge < -0.3 is 5.73 Å². The van der Waals surface area contributed by atoms with Gasteiger partial charge in [-0.2, -0.15) is 0 Å². The Morgan fingerprint density at radius 1 is 1.18 bits per heavy atom. The summed E-state index contributed by atoms with van der Waals surface area (Å²) in [6, 6.07) is 9.66. The molecule has 0 bridgehead atoms. The largest absolute Gasteiger partial charge is 0.366 e. The number of aryl methyl sites for hydroxylation is 1. The highest BCUT2D eigenvalue weighted by Crippen LogP contribution is 2.29. The molecule has 148 valence electrons. The molecule has 3 N–H and O–H groups in total. The van der Waals surface area contributed by atoms with Gasteiger partial charge in [-0.05, 0) is 42.8 Å². The Labute approximate surface area is 162 Å². The summed E-state index contributed by atoms with van der Waals surface area (Å²) >= 11 is 0. The first-order valence-corrected chi connectivity index (χ1v) is 11.2. The molecule has 28 heavy (non-hydrogen) atoms. The molecular formula is C17H17N3O6S2. The van der Waals surface area contributed by atoms with E-state index >= 15 is 0 Å². The highest BCUT2D eigenvalue weighted by molar-refractivity contribution is 7.94. The quantitative estimate of drug-likeness (QED) is 0.733. The van der Waals surface area contributed by atoms with Crippen molar-refractivity contribution < 1.29 is 26.4 Å². The number of sulfonamides is 2. The summed E-state index contributed by atoms with van der Waals surface area (Å²) in [4.78, 5) is 23.3. The Balaban J connectivity index is 1.98. The molecule has 11 heteroatoms. The zero-order chi connectivity index (χ0) is 20.7. The topological polar surface area (TPSA) is 144 Å². The van der Waals surface area contributed by atoms with Gasteiger partial charge in [0.25, 0.3) is 15.9 Å². The van der Waals surface area contributed by atoms with Crippen molar-refractivity contribution >= 4 is 43.2 Å². The minimum absolute atomic E-state index is 0.00843. The minimum Gasteiger partial charge on any atom is -0.366 e. The van der Waals surface area contributed by atoms with Gasteiger partial charge in [-0.25, -0.2) is 21.1 Å². The van der Waals surface area contributed by atoms with Crippen molar-refractivity contribution in [3.63, 3.8) is 0 Å². The molecule has 1 heterocycles. The molecule has 2 aromatic rings. The van der Waals surface area contributed by atoms with Gasteiger partial charge in [0, 0.05) is 6.42 Å². The lowest BCUT2D eigenvalue weighted by Crippen LogP contribution is -2.29. The second-order valence-corrected chi connectivity index (χ2v) is 9.78. The van der Waals surface area contributed by atoms with E-state index < -0.39 is 31.9 Å². The molecule has 0 atom stereocenters. The van der Waals surface area contributed by atoms with Crippen LogP contribution in [0.5, 0.6) is 0 Å². The van der Waals surface area contributed by atoms with Crippen molar-refractivity contribution in [3.05, 3.63) is 53.6 Å². The summed E-state index contributed by atoms with van der Waals surface area (Å²) in [6.07, 6.45) is -0.118. The number of anilines is 2. The van der Waals surface area contributed by atoms with Gasteiger partial charge in [0.15, 0.2) is 0 Å². The van der Waals surface area contributed by atoms with Gasteiger partial charge in [0.2, 0.25) is 15.9 Å². The standard InChI is InChI=1S/C17H17N3O6S2/c1-11-10-12(20-16(21)8-9-27(20,23)24)6-7-15(11)28(25,26)19-14-5-3-2-4-13(14)17(18)22/h2-7,10,19H,8-9H2,1H3,(H2,18,22). The van der Waals surface area contributed by atoms with Crippen LogP contribution in [0.4, 0.5) is 11.4 Å². The van der Waals surface area contributed by atoms with Crippen LogP contribution in [0.1, 0.15) is 22.3 Å². The van der Waals surface area contributed by atoms with E-state index in [0.29, 0.717) is 4.31 Å². The molecule has 0 saturated carbocycles. The lowest BCUT2D eigenvalue weighted by Gasteiger charge is -2.17. The lowest BCUT2D eigenvalue weighted by atomic mass is 10.2. The highest BCUT2D eigenvalue weighted by Gasteiger charge is 2.36. The van der Waals surface area contributed by atoms with E-state index in [9.17, 15) is 26.4 Å². The second-order valence-electron chi connectivity index (χ2n) is 6.19. The summed E-state index contributed by atoms with van der Waals surface area (Å²) < 4.78 is 52.6. The van der Waals surface area contributed by atoms with Crippen molar-refractivity contribution in [3.8, 4) is 0 Å². The van der Waals surface area contributed by atoms with Crippen LogP contribution in [-0.4, -0.2) is 34.4 Å². The van der Waals surface area contributed by atoms with Crippen LogP contribution < -0.4 is 14.8 Å². The fraction of sp³-hybridized carbons (Fsp3) is 0.176. The van der Waals surface area contributed by atoms with Crippen LogP contribution >= 0.6 is 0 Å². The molecule has 1 fully saturated rings. The Morgan fingerprint density at radius 3 is 2.43 bits per heavy atom. The van der Waals surface area contributed by atoms with E-state index in [2.05, 4.69) is 4.72 Å². The number of amides is 2. The number of rotatable bonds is 5. The third-order valence-corrected chi connectivity index (χ3v) is 7.41. The maximum Gasteiger partial charge on any atom is 0.262 e. The summed E-state index contributed by atoms with van der Waals surface area (Å²) in [7, 11) is -7.84. The lowest BCUT2D eigenvalue weighted by molar-refractivity contribution is -0.116. The summed E-state index contributed by atoms with van der Waals surface area (Å²) in [5, 5.41) is 0. The first-order valence-electron chi connectivity index (χ1n) is 8.11. The Hall–Kier alpha value is -2.92. The number of carbonyl (C=O) groups is 2. The highest BCUT2D eigenvalue weighted by atomic mass is 32.2. The number of benzene rings is 2. The number of carbonyl (C=O) groups excluding carboxylic acids is 2. The average molecular weight is 423 g/mol. The van der Waals surface area contributed by atoms with Crippen LogP contribution in [0.15, 0.2) is 47.4 Å². The Bertz CT molecular complexity index is 1190. The molecule has 2 amide bonds. The number of hydrogen-bond acceptors (Lipinski definition) is 6. The predicted octanol–water partition coefficient (Wildman–Crippen LogP) is 0.961. The minimum atomic E-state index is -4.09. The van der Waals surface area contributed by atoms with E-state index in [1.807, 2.05) is 0 Å². The van der Waals surface area contributed by atoms with E-state index in [1.54, 1.807) is 12.1 Å². The van der Waals surface area contributed by atoms with Gasteiger partial charge in [0.05, 0.1) is 27.6 Å². The predicted molar refractivity (Wildman–Crippen MR) is 103 cm³/mol. The number of para-hydroxylation sites is 1. The van der Waals surface area contributed by atoms with Crippen LogP contribution in [-0.2, 0) is 24.8 Å². The molecule has 9 nitrogen and oxygen atoms in total. The van der Waals surface area contributed by atoms with Crippen molar-refractivity contribution in [2.24, 2.45) is 5.73 Å². The molecule has 0 radical (unpaired) electrons. The maximum absolute atomic E-state index is 12.8. The third kappa shape index (κ3) is 3.58. The molecule has 1 aliphatic heterocycles. The number of hydrogen-bond donors (Lipinski definition) is 2. The van der Waals surface area contributed by atoms with E-state index in [1.165, 1.54) is 37.3 Å². The molecule has 0 unspecified atom stereocenters. The first kappa shape index (κ1) is 19.8. The number of primary amides is 1. The van der Waals surface area contributed by atoms with Gasteiger partial charge >= 0.3 is 0 Å². The molecule has 2 aromatic carbocycles.